The number of hydrogen-bond acceptors (Lipinski definition) is 6. The molecule has 1 fully saturated rings. The second-order valence-corrected chi connectivity index (χ2v) is 8.05. The molecule has 2 aliphatic rings. The van der Waals surface area contributed by atoms with Gasteiger partial charge in [0.1, 0.15) is 6.61 Å². The molecule has 0 bridgehead atoms. The molecule has 0 spiro atoms. The minimum atomic E-state index is -0.284. The molecule has 2 aliphatic heterocycles. The Morgan fingerprint density at radius 2 is 1.97 bits per heavy atom. The summed E-state index contributed by atoms with van der Waals surface area (Å²) >= 11 is 0. The number of carbonyl (C=O) groups is 1. The molecule has 7 heteroatoms. The van der Waals surface area contributed by atoms with Crippen LogP contribution in [0, 0.1) is 0 Å². The van der Waals surface area contributed by atoms with Crippen molar-refractivity contribution in [3.05, 3.63) is 59.2 Å². The van der Waals surface area contributed by atoms with Crippen LogP contribution in [0.3, 0.4) is 0 Å². The third-order valence-corrected chi connectivity index (χ3v) is 5.96. The van der Waals surface area contributed by atoms with Crippen molar-refractivity contribution in [3.8, 4) is 11.5 Å². The van der Waals surface area contributed by atoms with Gasteiger partial charge >= 0.3 is 6.09 Å². The first-order valence-corrected chi connectivity index (χ1v) is 11.0. The van der Waals surface area contributed by atoms with E-state index in [4.69, 9.17) is 23.9 Å². The highest BCUT2D eigenvalue weighted by atomic mass is 16.6. The lowest BCUT2D eigenvalue weighted by Crippen LogP contribution is -2.45. The van der Waals surface area contributed by atoms with E-state index < -0.39 is 0 Å². The molecule has 1 amide bonds. The van der Waals surface area contributed by atoms with Gasteiger partial charge in [-0.3, -0.25) is 4.99 Å². The van der Waals surface area contributed by atoms with Gasteiger partial charge in [-0.25, -0.2) is 4.79 Å². The molecule has 7 nitrogen and oxygen atoms in total. The van der Waals surface area contributed by atoms with Crippen molar-refractivity contribution in [1.29, 1.82) is 0 Å². The van der Waals surface area contributed by atoms with Crippen molar-refractivity contribution in [2.75, 3.05) is 40.5 Å². The van der Waals surface area contributed by atoms with Gasteiger partial charge in [-0.05, 0) is 35.2 Å². The second kappa shape index (κ2) is 10.5. The molecule has 0 saturated carbocycles. The summed E-state index contributed by atoms with van der Waals surface area (Å²) in [5, 5.41) is 0. The minimum Gasteiger partial charge on any atom is -0.493 e. The Kier molecular flexibility index (Phi) is 7.27. The number of amides is 1. The lowest BCUT2D eigenvalue weighted by atomic mass is 9.82. The lowest BCUT2D eigenvalue weighted by molar-refractivity contribution is 0.0830. The summed E-state index contributed by atoms with van der Waals surface area (Å²) in [5.41, 5.74) is 3.12. The van der Waals surface area contributed by atoms with Gasteiger partial charge in [0.25, 0.3) is 0 Å². The fraction of sp³-hybridized carbons (Fsp3) is 0.440. The van der Waals surface area contributed by atoms with Crippen molar-refractivity contribution in [2.45, 2.75) is 31.4 Å². The van der Waals surface area contributed by atoms with Crippen molar-refractivity contribution in [3.63, 3.8) is 0 Å². The molecule has 4 rings (SSSR count). The van der Waals surface area contributed by atoms with Gasteiger partial charge in [-0.1, -0.05) is 30.3 Å². The van der Waals surface area contributed by atoms with Gasteiger partial charge in [-0.2, -0.15) is 0 Å². The van der Waals surface area contributed by atoms with Gasteiger partial charge in [-0.15, -0.1) is 0 Å². The van der Waals surface area contributed by atoms with Gasteiger partial charge in [0, 0.05) is 45.4 Å². The second-order valence-electron chi connectivity index (χ2n) is 8.05. The molecular formula is C25H30N2O5. The Labute approximate surface area is 188 Å². The summed E-state index contributed by atoms with van der Waals surface area (Å²) in [5.74, 6) is 1.49. The number of aliphatic imine (C=N–C) groups is 1. The lowest BCUT2D eigenvalue weighted by Gasteiger charge is -2.39. The van der Waals surface area contributed by atoms with Gasteiger partial charge in [0.15, 0.2) is 11.5 Å². The number of methoxy groups -OCH3 is 2. The Bertz CT molecular complexity index is 947. The largest absolute Gasteiger partial charge is 0.493 e. The number of piperidine rings is 1. The summed E-state index contributed by atoms with van der Waals surface area (Å²) in [6, 6.07) is 13.9. The van der Waals surface area contributed by atoms with Crippen LogP contribution in [-0.2, 0) is 16.1 Å². The van der Waals surface area contributed by atoms with E-state index in [0.717, 1.165) is 29.5 Å². The van der Waals surface area contributed by atoms with Crippen LogP contribution in [0.4, 0.5) is 4.79 Å². The molecule has 2 aromatic rings. The number of ether oxygens (including phenoxy) is 4. The minimum absolute atomic E-state index is 0.0975. The Morgan fingerprint density at radius 3 is 2.75 bits per heavy atom. The van der Waals surface area contributed by atoms with E-state index in [2.05, 4.69) is 0 Å². The van der Waals surface area contributed by atoms with Crippen molar-refractivity contribution >= 4 is 12.3 Å². The Morgan fingerprint density at radius 1 is 1.12 bits per heavy atom. The summed E-state index contributed by atoms with van der Waals surface area (Å²) < 4.78 is 22.2. The molecule has 1 saturated heterocycles. The molecule has 0 aromatic heterocycles. The Balaban J connectivity index is 1.47. The molecule has 2 heterocycles. The van der Waals surface area contributed by atoms with Gasteiger partial charge in [0.05, 0.1) is 19.8 Å². The molecule has 0 N–H and O–H groups in total. The number of hydrogen-bond donors (Lipinski definition) is 0. The molecule has 0 radical (unpaired) electrons. The smallest absolute Gasteiger partial charge is 0.410 e. The maximum absolute atomic E-state index is 12.7. The predicted octanol–water partition coefficient (Wildman–Crippen LogP) is 4.04. The van der Waals surface area contributed by atoms with E-state index in [-0.39, 0.29) is 24.7 Å². The first-order valence-electron chi connectivity index (χ1n) is 11.0. The van der Waals surface area contributed by atoms with Crippen LogP contribution < -0.4 is 9.47 Å². The summed E-state index contributed by atoms with van der Waals surface area (Å²) in [7, 11) is 3.32. The average Bonchev–Trinajstić information content (AvgIpc) is 2.84. The molecule has 0 aliphatic carbocycles. The number of nitrogens with zero attached hydrogens (tertiary/aromatic N) is 2. The van der Waals surface area contributed by atoms with Crippen molar-refractivity contribution in [2.24, 2.45) is 4.99 Å². The van der Waals surface area contributed by atoms with E-state index in [1.807, 2.05) is 48.7 Å². The number of carbonyl (C=O) groups excluding carboxylic acids is 1. The third kappa shape index (κ3) is 5.05. The van der Waals surface area contributed by atoms with Crippen LogP contribution in [-0.4, -0.2) is 63.8 Å². The molecule has 32 heavy (non-hydrogen) atoms. The molecule has 170 valence electrons. The van der Waals surface area contributed by atoms with Crippen LogP contribution in [0.15, 0.2) is 47.5 Å². The van der Waals surface area contributed by atoms with E-state index in [1.54, 1.807) is 19.1 Å². The van der Waals surface area contributed by atoms with Crippen molar-refractivity contribution in [1.82, 2.24) is 4.90 Å². The SMILES string of the molecule is COCCCOc1cc2c(cc1OC)C=NC1CCN(C(=O)OCc3ccccc3)CC21. The topological polar surface area (TPSA) is 69.6 Å². The fourth-order valence-electron chi connectivity index (χ4n) is 4.26. The molecular weight excluding hydrogens is 408 g/mol. The van der Waals surface area contributed by atoms with Crippen LogP contribution in [0.2, 0.25) is 0 Å². The van der Waals surface area contributed by atoms with Crippen LogP contribution in [0.1, 0.15) is 35.4 Å². The summed E-state index contributed by atoms with van der Waals surface area (Å²) in [6.45, 7) is 2.67. The molecule has 2 unspecified atom stereocenters. The van der Waals surface area contributed by atoms with E-state index in [0.29, 0.717) is 37.8 Å². The van der Waals surface area contributed by atoms with Gasteiger partial charge < -0.3 is 23.8 Å². The predicted molar refractivity (Wildman–Crippen MR) is 122 cm³/mol. The Hall–Kier alpha value is -3.06. The number of rotatable bonds is 8. The summed E-state index contributed by atoms with van der Waals surface area (Å²) in [4.78, 5) is 19.3. The normalized spacial score (nSPS) is 19.1. The maximum Gasteiger partial charge on any atom is 0.410 e. The van der Waals surface area contributed by atoms with Crippen LogP contribution in [0.25, 0.3) is 0 Å². The van der Waals surface area contributed by atoms with E-state index >= 15 is 0 Å². The zero-order chi connectivity index (χ0) is 22.3. The monoisotopic (exact) mass is 438 g/mol. The average molecular weight is 439 g/mol. The fourth-order valence-corrected chi connectivity index (χ4v) is 4.26. The standard InChI is InChI=1S/C25H30N2O5/c1-29-11-6-12-31-24-14-20-19(13-23(24)30-2)15-26-22-9-10-27(16-21(20)22)25(28)32-17-18-7-4-3-5-8-18/h3-5,7-8,13-15,21-22H,6,9-12,16-17H2,1-2H3. The molecule has 2 aromatic carbocycles. The van der Waals surface area contributed by atoms with Crippen LogP contribution in [0.5, 0.6) is 11.5 Å². The zero-order valence-electron chi connectivity index (χ0n) is 18.7. The van der Waals surface area contributed by atoms with E-state index in [1.165, 1.54) is 0 Å². The van der Waals surface area contributed by atoms with E-state index in [9.17, 15) is 4.79 Å². The quantitative estimate of drug-likeness (QED) is 0.582. The highest BCUT2D eigenvalue weighted by Crippen LogP contribution is 2.40. The highest BCUT2D eigenvalue weighted by molar-refractivity contribution is 5.85. The zero-order valence-corrected chi connectivity index (χ0v) is 18.7. The molecule has 2 atom stereocenters. The first-order chi connectivity index (χ1) is 15.7. The van der Waals surface area contributed by atoms with Gasteiger partial charge in [0.2, 0.25) is 0 Å². The number of fused-ring (bicyclic) bond motifs is 3. The first kappa shape index (κ1) is 22.1. The number of benzene rings is 2. The van der Waals surface area contributed by atoms with Crippen LogP contribution >= 0.6 is 0 Å². The summed E-state index contributed by atoms with van der Waals surface area (Å²) in [6.07, 6.45) is 3.23. The number of likely N-dealkylation sites (tertiary alicyclic amines) is 1. The third-order valence-electron chi connectivity index (χ3n) is 5.96. The highest BCUT2D eigenvalue weighted by Gasteiger charge is 2.36. The van der Waals surface area contributed by atoms with Crippen molar-refractivity contribution < 1.29 is 23.7 Å². The maximum atomic E-state index is 12.7.